The number of carbonyl (C=O) groups is 1. The molecule has 0 heterocycles. The van der Waals surface area contributed by atoms with Crippen molar-refractivity contribution in [3.8, 4) is 11.5 Å². The van der Waals surface area contributed by atoms with Crippen LogP contribution in [0.1, 0.15) is 38.1 Å². The monoisotopic (exact) mass is 313 g/mol. The zero-order valence-corrected chi connectivity index (χ0v) is 14.1. The zero-order chi connectivity index (χ0) is 16.0. The van der Waals surface area contributed by atoms with E-state index in [-0.39, 0.29) is 5.91 Å². The van der Waals surface area contributed by atoms with E-state index in [4.69, 9.17) is 21.1 Å². The summed E-state index contributed by atoms with van der Waals surface area (Å²) in [4.78, 5) is 12.1. The first kappa shape index (κ1) is 17.6. The highest BCUT2D eigenvalue weighted by molar-refractivity contribution is 6.32. The second-order valence-electron chi connectivity index (χ2n) is 5.80. The number of hydrogen-bond acceptors (Lipinski definition) is 3. The molecule has 118 valence electrons. The average Bonchev–Trinajstić information content (AvgIpc) is 2.42. The molecule has 0 bridgehead atoms. The lowest BCUT2D eigenvalue weighted by Gasteiger charge is -2.15. The van der Waals surface area contributed by atoms with Gasteiger partial charge in [0.1, 0.15) is 0 Å². The molecule has 1 aromatic carbocycles. The van der Waals surface area contributed by atoms with E-state index in [0.717, 1.165) is 0 Å². The molecule has 0 spiro atoms. The SMILES string of the molecule is COc1cc(C(=O)NCC(C)C)cc(Cl)c1OCC(C)C. The van der Waals surface area contributed by atoms with E-state index in [1.807, 2.05) is 27.7 Å². The van der Waals surface area contributed by atoms with Gasteiger partial charge in [-0.2, -0.15) is 0 Å². The van der Waals surface area contributed by atoms with Gasteiger partial charge in [-0.15, -0.1) is 0 Å². The van der Waals surface area contributed by atoms with Crippen LogP contribution in [0.15, 0.2) is 12.1 Å². The smallest absolute Gasteiger partial charge is 0.251 e. The lowest BCUT2D eigenvalue weighted by atomic mass is 10.1. The van der Waals surface area contributed by atoms with Crippen molar-refractivity contribution in [2.75, 3.05) is 20.3 Å². The van der Waals surface area contributed by atoms with Crippen molar-refractivity contribution >= 4 is 17.5 Å². The number of ether oxygens (including phenoxy) is 2. The summed E-state index contributed by atoms with van der Waals surface area (Å²) in [5, 5.41) is 3.23. The summed E-state index contributed by atoms with van der Waals surface area (Å²) in [7, 11) is 1.53. The van der Waals surface area contributed by atoms with Crippen molar-refractivity contribution in [2.45, 2.75) is 27.7 Å². The van der Waals surface area contributed by atoms with Crippen LogP contribution in [0.2, 0.25) is 5.02 Å². The number of carbonyl (C=O) groups excluding carboxylic acids is 1. The summed E-state index contributed by atoms with van der Waals surface area (Å²) in [5.41, 5.74) is 0.467. The lowest BCUT2D eigenvalue weighted by Crippen LogP contribution is -2.27. The van der Waals surface area contributed by atoms with Crippen LogP contribution in [0.4, 0.5) is 0 Å². The Morgan fingerprint density at radius 3 is 2.43 bits per heavy atom. The molecule has 0 aliphatic carbocycles. The van der Waals surface area contributed by atoms with E-state index in [2.05, 4.69) is 5.32 Å². The molecule has 0 aliphatic rings. The van der Waals surface area contributed by atoms with Gasteiger partial charge in [0.25, 0.3) is 5.91 Å². The van der Waals surface area contributed by atoms with Crippen molar-refractivity contribution in [1.82, 2.24) is 5.32 Å². The minimum atomic E-state index is -0.167. The van der Waals surface area contributed by atoms with Gasteiger partial charge in [-0.25, -0.2) is 0 Å². The van der Waals surface area contributed by atoms with Gasteiger partial charge in [-0.3, -0.25) is 4.79 Å². The molecule has 0 fully saturated rings. The Bertz CT molecular complexity index is 487. The molecule has 0 aromatic heterocycles. The number of methoxy groups -OCH3 is 1. The molecule has 1 N–H and O–H groups in total. The molecular formula is C16H24ClNO3. The predicted octanol–water partition coefficient (Wildman–Crippen LogP) is 3.77. The molecule has 21 heavy (non-hydrogen) atoms. The van der Waals surface area contributed by atoms with E-state index in [0.29, 0.717) is 47.1 Å². The predicted molar refractivity (Wildman–Crippen MR) is 85.5 cm³/mol. The van der Waals surface area contributed by atoms with Gasteiger partial charge in [-0.05, 0) is 24.0 Å². The molecule has 0 radical (unpaired) electrons. The van der Waals surface area contributed by atoms with Gasteiger partial charge in [0.05, 0.1) is 18.7 Å². The van der Waals surface area contributed by atoms with Crippen LogP contribution in [0.25, 0.3) is 0 Å². The first-order chi connectivity index (χ1) is 9.85. The first-order valence-electron chi connectivity index (χ1n) is 7.13. The Kier molecular flexibility index (Phi) is 6.82. The fraction of sp³-hybridized carbons (Fsp3) is 0.562. The van der Waals surface area contributed by atoms with Gasteiger partial charge >= 0.3 is 0 Å². The molecule has 0 unspecified atom stereocenters. The van der Waals surface area contributed by atoms with Gasteiger partial charge in [0.2, 0.25) is 0 Å². The topological polar surface area (TPSA) is 47.6 Å². The Hall–Kier alpha value is -1.42. The van der Waals surface area contributed by atoms with Crippen LogP contribution >= 0.6 is 11.6 Å². The van der Waals surface area contributed by atoms with E-state index >= 15 is 0 Å². The number of benzene rings is 1. The van der Waals surface area contributed by atoms with Crippen molar-refractivity contribution in [2.24, 2.45) is 11.8 Å². The maximum atomic E-state index is 12.1. The third kappa shape index (κ3) is 5.46. The normalized spacial score (nSPS) is 10.9. The van der Waals surface area contributed by atoms with Crippen molar-refractivity contribution in [3.63, 3.8) is 0 Å². The second-order valence-corrected chi connectivity index (χ2v) is 6.21. The lowest BCUT2D eigenvalue weighted by molar-refractivity contribution is 0.0948. The van der Waals surface area contributed by atoms with Crippen LogP contribution in [0.3, 0.4) is 0 Å². The Morgan fingerprint density at radius 2 is 1.90 bits per heavy atom. The Balaban J connectivity index is 2.94. The summed E-state index contributed by atoms with van der Waals surface area (Å²) < 4.78 is 10.9. The van der Waals surface area contributed by atoms with Gasteiger partial charge in [0.15, 0.2) is 11.5 Å². The molecular weight excluding hydrogens is 290 g/mol. The molecule has 0 saturated heterocycles. The van der Waals surface area contributed by atoms with Crippen molar-refractivity contribution in [3.05, 3.63) is 22.7 Å². The molecule has 1 aromatic rings. The summed E-state index contributed by atoms with van der Waals surface area (Å²) in [6.45, 7) is 9.33. The molecule has 0 saturated carbocycles. The standard InChI is InChI=1S/C16H24ClNO3/c1-10(2)8-18-16(19)12-6-13(17)15(14(7-12)20-5)21-9-11(3)4/h6-7,10-11H,8-9H2,1-5H3,(H,18,19). The number of hydrogen-bond donors (Lipinski definition) is 1. The van der Waals surface area contributed by atoms with Gasteiger partial charge in [-0.1, -0.05) is 39.3 Å². The fourth-order valence-corrected chi connectivity index (χ4v) is 1.91. The van der Waals surface area contributed by atoms with E-state index in [9.17, 15) is 4.79 Å². The summed E-state index contributed by atoms with van der Waals surface area (Å²) in [6, 6.07) is 3.26. The maximum absolute atomic E-state index is 12.1. The number of amides is 1. The summed E-state index contributed by atoms with van der Waals surface area (Å²) >= 11 is 6.22. The first-order valence-corrected chi connectivity index (χ1v) is 7.51. The maximum Gasteiger partial charge on any atom is 0.251 e. The van der Waals surface area contributed by atoms with Crippen molar-refractivity contribution < 1.29 is 14.3 Å². The highest BCUT2D eigenvalue weighted by Crippen LogP contribution is 2.36. The van der Waals surface area contributed by atoms with Crippen LogP contribution in [0, 0.1) is 11.8 Å². The third-order valence-electron chi connectivity index (χ3n) is 2.72. The number of halogens is 1. The molecule has 5 heteroatoms. The minimum absolute atomic E-state index is 0.167. The third-order valence-corrected chi connectivity index (χ3v) is 3.00. The summed E-state index contributed by atoms with van der Waals surface area (Å²) in [6.07, 6.45) is 0. The minimum Gasteiger partial charge on any atom is -0.493 e. The van der Waals surface area contributed by atoms with E-state index < -0.39 is 0 Å². The highest BCUT2D eigenvalue weighted by Gasteiger charge is 2.16. The fourth-order valence-electron chi connectivity index (χ4n) is 1.64. The summed E-state index contributed by atoms with van der Waals surface area (Å²) in [5.74, 6) is 1.55. The average molecular weight is 314 g/mol. The van der Waals surface area contributed by atoms with Crippen LogP contribution in [-0.2, 0) is 0 Å². The van der Waals surface area contributed by atoms with E-state index in [1.54, 1.807) is 12.1 Å². The van der Waals surface area contributed by atoms with Gasteiger partial charge < -0.3 is 14.8 Å². The van der Waals surface area contributed by atoms with Gasteiger partial charge in [0, 0.05) is 12.1 Å². The van der Waals surface area contributed by atoms with Crippen molar-refractivity contribution in [1.29, 1.82) is 0 Å². The number of rotatable bonds is 7. The molecule has 1 amide bonds. The molecule has 1 rings (SSSR count). The van der Waals surface area contributed by atoms with Crippen LogP contribution in [0.5, 0.6) is 11.5 Å². The second kappa shape index (κ2) is 8.13. The Labute approximate surface area is 131 Å². The van der Waals surface area contributed by atoms with Crippen LogP contribution < -0.4 is 14.8 Å². The molecule has 0 atom stereocenters. The van der Waals surface area contributed by atoms with Crippen LogP contribution in [-0.4, -0.2) is 26.2 Å². The largest absolute Gasteiger partial charge is 0.493 e. The highest BCUT2D eigenvalue weighted by atomic mass is 35.5. The van der Waals surface area contributed by atoms with E-state index in [1.165, 1.54) is 7.11 Å². The molecule has 0 aliphatic heterocycles. The Morgan fingerprint density at radius 1 is 1.24 bits per heavy atom. The number of nitrogens with one attached hydrogen (secondary N) is 1. The molecule has 4 nitrogen and oxygen atoms in total. The zero-order valence-electron chi connectivity index (χ0n) is 13.3. The quantitative estimate of drug-likeness (QED) is 0.833.